The summed E-state index contributed by atoms with van der Waals surface area (Å²) in [6, 6.07) is 18.3. The lowest BCUT2D eigenvalue weighted by Gasteiger charge is -2.32. The fourth-order valence-corrected chi connectivity index (χ4v) is 4.22. The summed E-state index contributed by atoms with van der Waals surface area (Å²) in [6.07, 6.45) is 0.860. The maximum absolute atomic E-state index is 13.8. The van der Waals surface area contributed by atoms with E-state index in [1.165, 1.54) is 4.90 Å². The molecule has 0 aliphatic heterocycles. The van der Waals surface area contributed by atoms with E-state index < -0.39 is 23.6 Å². The number of nitrogens with zero attached hydrogens (tertiary/aromatic N) is 1. The Hall–Kier alpha value is -4.13. The van der Waals surface area contributed by atoms with Crippen LogP contribution < -0.4 is 10.6 Å². The molecule has 3 amide bonds. The lowest BCUT2D eigenvalue weighted by molar-refractivity contribution is -0.137. The number of ether oxygens (including phenoxy) is 1. The highest BCUT2D eigenvalue weighted by Gasteiger charge is 2.33. The number of nitrogens with one attached hydrogen (secondary N) is 2. The zero-order valence-corrected chi connectivity index (χ0v) is 22.1. The number of hydrogen-bond acceptors (Lipinski definition) is 4. The molecule has 0 saturated carbocycles. The van der Waals surface area contributed by atoms with Gasteiger partial charge in [-0.3, -0.25) is 9.59 Å². The minimum atomic E-state index is -0.946. The number of alkyl carbamates (subject to hydrolysis) is 1. The Morgan fingerprint density at radius 2 is 1.62 bits per heavy atom. The Morgan fingerprint density at radius 1 is 0.973 bits per heavy atom. The topological polar surface area (TPSA) is 87.7 Å². The number of anilines is 1. The zero-order valence-electron chi connectivity index (χ0n) is 22.1. The monoisotopic (exact) mass is 501 g/mol. The SMILES string of the molecule is C=CCN(C(=O)CNC(=O)OC(C)(C)C)C(C(=O)Nc1ccc2ccccc2c1)c1c(C)cccc1C. The van der Waals surface area contributed by atoms with Crippen molar-refractivity contribution in [3.8, 4) is 0 Å². The van der Waals surface area contributed by atoms with E-state index in [4.69, 9.17) is 4.74 Å². The highest BCUT2D eigenvalue weighted by Crippen LogP contribution is 2.30. The van der Waals surface area contributed by atoms with E-state index in [1.807, 2.05) is 74.5 Å². The molecule has 1 atom stereocenters. The lowest BCUT2D eigenvalue weighted by Crippen LogP contribution is -2.47. The molecule has 194 valence electrons. The van der Waals surface area contributed by atoms with Crippen LogP contribution in [0.3, 0.4) is 0 Å². The van der Waals surface area contributed by atoms with E-state index in [1.54, 1.807) is 26.8 Å². The molecule has 3 aromatic rings. The van der Waals surface area contributed by atoms with Crippen LogP contribution in [0, 0.1) is 13.8 Å². The van der Waals surface area contributed by atoms with Crippen LogP contribution in [0.1, 0.15) is 43.5 Å². The number of amides is 3. The van der Waals surface area contributed by atoms with Gasteiger partial charge in [0.25, 0.3) is 5.91 Å². The molecule has 7 heteroatoms. The molecule has 7 nitrogen and oxygen atoms in total. The van der Waals surface area contributed by atoms with Gasteiger partial charge in [0.15, 0.2) is 0 Å². The Morgan fingerprint density at radius 3 is 2.24 bits per heavy atom. The molecule has 3 rings (SSSR count). The first kappa shape index (κ1) is 27.5. The molecule has 1 unspecified atom stereocenters. The highest BCUT2D eigenvalue weighted by molar-refractivity contribution is 6.00. The molecule has 0 spiro atoms. The van der Waals surface area contributed by atoms with Gasteiger partial charge in [0.1, 0.15) is 18.2 Å². The van der Waals surface area contributed by atoms with Crippen molar-refractivity contribution in [2.75, 3.05) is 18.4 Å². The fourth-order valence-electron chi connectivity index (χ4n) is 4.22. The second-order valence-electron chi connectivity index (χ2n) is 9.95. The summed E-state index contributed by atoms with van der Waals surface area (Å²) in [4.78, 5) is 40.8. The summed E-state index contributed by atoms with van der Waals surface area (Å²) in [7, 11) is 0. The minimum Gasteiger partial charge on any atom is -0.444 e. The molecule has 0 aliphatic rings. The fraction of sp³-hybridized carbons (Fsp3) is 0.300. The van der Waals surface area contributed by atoms with Gasteiger partial charge in [0.05, 0.1) is 0 Å². The summed E-state index contributed by atoms with van der Waals surface area (Å²) < 4.78 is 5.25. The summed E-state index contributed by atoms with van der Waals surface area (Å²) in [6.45, 7) is 12.6. The van der Waals surface area contributed by atoms with E-state index in [0.29, 0.717) is 5.69 Å². The van der Waals surface area contributed by atoms with Gasteiger partial charge in [-0.15, -0.1) is 6.58 Å². The molecular weight excluding hydrogens is 466 g/mol. The van der Waals surface area contributed by atoms with Crippen molar-refractivity contribution in [1.82, 2.24) is 10.2 Å². The van der Waals surface area contributed by atoms with E-state index in [2.05, 4.69) is 17.2 Å². The highest BCUT2D eigenvalue weighted by atomic mass is 16.6. The van der Waals surface area contributed by atoms with Crippen LogP contribution in [-0.4, -0.2) is 41.5 Å². The predicted octanol–water partition coefficient (Wildman–Crippen LogP) is 5.68. The van der Waals surface area contributed by atoms with Gasteiger partial charge in [-0.1, -0.05) is 54.6 Å². The average Bonchev–Trinajstić information content (AvgIpc) is 2.82. The van der Waals surface area contributed by atoms with Gasteiger partial charge in [-0.2, -0.15) is 0 Å². The van der Waals surface area contributed by atoms with Crippen LogP contribution in [0.4, 0.5) is 10.5 Å². The Labute approximate surface area is 218 Å². The largest absolute Gasteiger partial charge is 0.444 e. The van der Waals surface area contributed by atoms with Gasteiger partial charge in [0.2, 0.25) is 5.91 Å². The van der Waals surface area contributed by atoms with Crippen LogP contribution in [0.2, 0.25) is 0 Å². The van der Waals surface area contributed by atoms with Gasteiger partial charge in [-0.25, -0.2) is 4.79 Å². The first-order valence-corrected chi connectivity index (χ1v) is 12.2. The number of hydrogen-bond donors (Lipinski definition) is 2. The van der Waals surface area contributed by atoms with Gasteiger partial charge >= 0.3 is 6.09 Å². The number of carbonyl (C=O) groups excluding carboxylic acids is 3. The molecule has 0 saturated heterocycles. The van der Waals surface area contributed by atoms with Gasteiger partial charge < -0.3 is 20.3 Å². The average molecular weight is 502 g/mol. The maximum Gasteiger partial charge on any atom is 0.408 e. The molecule has 0 heterocycles. The predicted molar refractivity (Wildman–Crippen MR) is 147 cm³/mol. The van der Waals surface area contributed by atoms with E-state index in [0.717, 1.165) is 27.5 Å². The van der Waals surface area contributed by atoms with Crippen molar-refractivity contribution >= 4 is 34.4 Å². The molecular formula is C30H35N3O4. The van der Waals surface area contributed by atoms with E-state index in [9.17, 15) is 14.4 Å². The van der Waals surface area contributed by atoms with E-state index >= 15 is 0 Å². The summed E-state index contributed by atoms with van der Waals surface area (Å²) in [5.41, 5.74) is 2.40. The van der Waals surface area contributed by atoms with Crippen molar-refractivity contribution in [1.29, 1.82) is 0 Å². The summed E-state index contributed by atoms with van der Waals surface area (Å²) in [5.74, 6) is -0.799. The molecule has 0 bridgehead atoms. The lowest BCUT2D eigenvalue weighted by atomic mass is 9.94. The van der Waals surface area contributed by atoms with Crippen LogP contribution in [-0.2, 0) is 14.3 Å². The van der Waals surface area contributed by atoms with E-state index in [-0.39, 0.29) is 19.0 Å². The molecule has 2 N–H and O–H groups in total. The molecule has 37 heavy (non-hydrogen) atoms. The number of aryl methyl sites for hydroxylation is 2. The number of carbonyl (C=O) groups is 3. The smallest absolute Gasteiger partial charge is 0.408 e. The third-order valence-corrected chi connectivity index (χ3v) is 5.82. The summed E-state index contributed by atoms with van der Waals surface area (Å²) >= 11 is 0. The van der Waals surface area contributed by atoms with Gasteiger partial charge in [0, 0.05) is 12.2 Å². The molecule has 3 aromatic carbocycles. The second-order valence-corrected chi connectivity index (χ2v) is 9.95. The van der Waals surface area contributed by atoms with Crippen LogP contribution >= 0.6 is 0 Å². The third-order valence-electron chi connectivity index (χ3n) is 5.82. The maximum atomic E-state index is 13.8. The quantitative estimate of drug-likeness (QED) is 0.389. The molecule has 0 aromatic heterocycles. The minimum absolute atomic E-state index is 0.110. The normalized spacial score (nSPS) is 11.9. The van der Waals surface area contributed by atoms with Crippen molar-refractivity contribution in [3.63, 3.8) is 0 Å². The van der Waals surface area contributed by atoms with Crippen molar-refractivity contribution in [2.24, 2.45) is 0 Å². The number of fused-ring (bicyclic) bond motifs is 1. The van der Waals surface area contributed by atoms with Crippen molar-refractivity contribution in [3.05, 3.63) is 90.0 Å². The number of rotatable bonds is 8. The Bertz CT molecular complexity index is 1290. The standard InChI is InChI=1S/C30H35N3O4/c1-7-17-33(25(34)19-31-29(36)37-30(4,5)6)27(26-20(2)11-10-12-21(26)3)28(35)32-24-16-15-22-13-8-9-14-23(22)18-24/h7-16,18,27H,1,17,19H2,2-6H3,(H,31,36)(H,32,35). The molecule has 0 aliphatic carbocycles. The van der Waals surface area contributed by atoms with Crippen LogP contribution in [0.5, 0.6) is 0 Å². The molecule has 0 fully saturated rings. The second kappa shape index (κ2) is 11.7. The Balaban J connectivity index is 1.95. The molecule has 0 radical (unpaired) electrons. The van der Waals surface area contributed by atoms with Crippen molar-refractivity contribution in [2.45, 2.75) is 46.3 Å². The van der Waals surface area contributed by atoms with Crippen LogP contribution in [0.25, 0.3) is 10.8 Å². The summed E-state index contributed by atoms with van der Waals surface area (Å²) in [5, 5.41) is 7.55. The van der Waals surface area contributed by atoms with Crippen molar-refractivity contribution < 1.29 is 19.1 Å². The van der Waals surface area contributed by atoms with Crippen LogP contribution in [0.15, 0.2) is 73.3 Å². The Kier molecular flexibility index (Phi) is 8.71. The zero-order chi connectivity index (χ0) is 27.2. The van der Waals surface area contributed by atoms with Gasteiger partial charge in [-0.05, 0) is 74.2 Å². The number of benzene rings is 3. The first-order valence-electron chi connectivity index (χ1n) is 12.2. The third kappa shape index (κ3) is 7.19. The first-order chi connectivity index (χ1) is 17.5.